The first-order chi connectivity index (χ1) is 13.2. The number of aromatic nitrogens is 3. The van der Waals surface area contributed by atoms with E-state index in [1.807, 2.05) is 36.4 Å². The number of amides is 1. The summed E-state index contributed by atoms with van der Waals surface area (Å²) in [4.78, 5) is 15.6. The number of nitrogens with one attached hydrogen (secondary N) is 1. The van der Waals surface area contributed by atoms with Crippen LogP contribution in [0, 0.1) is 0 Å². The number of rotatable bonds is 5. The van der Waals surface area contributed by atoms with Gasteiger partial charge in [-0.05, 0) is 48.5 Å². The number of fused-ring (bicyclic) bond motifs is 1. The van der Waals surface area contributed by atoms with Gasteiger partial charge in [0, 0.05) is 16.8 Å². The molecule has 134 valence electrons. The second-order valence-electron chi connectivity index (χ2n) is 5.90. The Morgan fingerprint density at radius 1 is 1.07 bits per heavy atom. The predicted molar refractivity (Wildman–Crippen MR) is 103 cm³/mol. The summed E-state index contributed by atoms with van der Waals surface area (Å²) in [5.74, 6) is 0.994. The molecule has 0 bridgehead atoms. The fourth-order valence-corrected chi connectivity index (χ4v) is 2.82. The van der Waals surface area contributed by atoms with Crippen molar-refractivity contribution in [3.8, 4) is 17.0 Å². The molecule has 2 heterocycles. The number of benzene rings is 2. The summed E-state index contributed by atoms with van der Waals surface area (Å²) < 4.78 is 7.16. The first kappa shape index (κ1) is 16.6. The molecule has 2 aromatic heterocycles. The number of nitrogens with zero attached hydrogens (tertiary/aromatic N) is 3. The molecule has 0 aliphatic carbocycles. The van der Waals surface area contributed by atoms with Gasteiger partial charge in [-0.3, -0.25) is 4.79 Å². The van der Waals surface area contributed by atoms with Crippen LogP contribution in [0.25, 0.3) is 16.9 Å². The van der Waals surface area contributed by atoms with Gasteiger partial charge in [-0.25, -0.2) is 4.98 Å². The molecule has 27 heavy (non-hydrogen) atoms. The molecule has 0 spiro atoms. The van der Waals surface area contributed by atoms with Crippen molar-refractivity contribution in [2.75, 3.05) is 12.4 Å². The van der Waals surface area contributed by atoms with Crippen LogP contribution in [0.1, 0.15) is 10.4 Å². The van der Waals surface area contributed by atoms with Gasteiger partial charge in [0.05, 0.1) is 19.0 Å². The highest BCUT2D eigenvalue weighted by Gasteiger charge is 2.10. The van der Waals surface area contributed by atoms with Gasteiger partial charge < -0.3 is 15.8 Å². The monoisotopic (exact) mass is 359 g/mol. The van der Waals surface area contributed by atoms with Crippen LogP contribution in [-0.4, -0.2) is 27.6 Å². The highest BCUT2D eigenvalue weighted by molar-refractivity contribution is 5.93. The van der Waals surface area contributed by atoms with E-state index in [0.717, 1.165) is 22.7 Å². The Morgan fingerprint density at radius 3 is 2.59 bits per heavy atom. The zero-order valence-corrected chi connectivity index (χ0v) is 14.6. The normalized spacial score (nSPS) is 10.7. The van der Waals surface area contributed by atoms with Crippen LogP contribution in [-0.2, 0) is 0 Å². The van der Waals surface area contributed by atoms with Gasteiger partial charge in [-0.2, -0.15) is 9.61 Å². The van der Waals surface area contributed by atoms with Crippen LogP contribution in [0.2, 0.25) is 0 Å². The van der Waals surface area contributed by atoms with Crippen molar-refractivity contribution in [3.63, 3.8) is 0 Å². The van der Waals surface area contributed by atoms with Crippen LogP contribution in [0.15, 0.2) is 66.9 Å². The van der Waals surface area contributed by atoms with Gasteiger partial charge in [0.2, 0.25) is 5.91 Å². The summed E-state index contributed by atoms with van der Waals surface area (Å²) in [7, 11) is 1.64. The minimum Gasteiger partial charge on any atom is -0.496 e. The molecule has 1 amide bonds. The molecular formula is C20H17N5O2. The summed E-state index contributed by atoms with van der Waals surface area (Å²) in [6.07, 6.45) is 1.70. The van der Waals surface area contributed by atoms with Crippen molar-refractivity contribution in [1.29, 1.82) is 0 Å². The Labute approximate surface area is 155 Å². The van der Waals surface area contributed by atoms with E-state index in [1.54, 1.807) is 42.1 Å². The van der Waals surface area contributed by atoms with Crippen LogP contribution >= 0.6 is 0 Å². The van der Waals surface area contributed by atoms with Crippen molar-refractivity contribution in [2.45, 2.75) is 0 Å². The van der Waals surface area contributed by atoms with Crippen molar-refractivity contribution in [1.82, 2.24) is 14.6 Å². The van der Waals surface area contributed by atoms with E-state index in [4.69, 9.17) is 15.6 Å². The molecule has 0 atom stereocenters. The Kier molecular flexibility index (Phi) is 4.18. The second-order valence-corrected chi connectivity index (χ2v) is 5.90. The average molecular weight is 359 g/mol. The van der Waals surface area contributed by atoms with Gasteiger partial charge in [0.25, 0.3) is 0 Å². The highest BCUT2D eigenvalue weighted by atomic mass is 16.5. The molecule has 0 saturated carbocycles. The lowest BCUT2D eigenvalue weighted by Crippen LogP contribution is -2.10. The molecule has 7 heteroatoms. The number of para-hydroxylation sites is 1. The van der Waals surface area contributed by atoms with E-state index in [0.29, 0.717) is 17.0 Å². The average Bonchev–Trinajstić information content (AvgIpc) is 3.10. The summed E-state index contributed by atoms with van der Waals surface area (Å²) in [5, 5.41) is 7.95. The van der Waals surface area contributed by atoms with E-state index in [1.165, 1.54) is 0 Å². The van der Waals surface area contributed by atoms with E-state index in [-0.39, 0.29) is 0 Å². The molecule has 0 unspecified atom stereocenters. The van der Waals surface area contributed by atoms with Crippen LogP contribution < -0.4 is 15.8 Å². The summed E-state index contributed by atoms with van der Waals surface area (Å²) >= 11 is 0. The number of ether oxygens (including phenoxy) is 1. The number of methoxy groups -OCH3 is 1. The highest BCUT2D eigenvalue weighted by Crippen LogP contribution is 2.28. The maximum absolute atomic E-state index is 11.2. The lowest BCUT2D eigenvalue weighted by molar-refractivity contribution is 0.100. The molecule has 7 nitrogen and oxygen atoms in total. The molecule has 0 aliphatic rings. The number of primary amides is 1. The number of hydrogen-bond donors (Lipinski definition) is 2. The topological polar surface area (TPSA) is 94.5 Å². The Balaban J connectivity index is 1.71. The fraction of sp³-hybridized carbons (Fsp3) is 0.0500. The van der Waals surface area contributed by atoms with Crippen molar-refractivity contribution in [2.24, 2.45) is 5.73 Å². The number of carbonyl (C=O) groups excluding carboxylic acids is 1. The van der Waals surface area contributed by atoms with Crippen LogP contribution in [0.3, 0.4) is 0 Å². The first-order valence-electron chi connectivity index (χ1n) is 8.31. The maximum Gasteiger partial charge on any atom is 0.248 e. The maximum atomic E-state index is 11.2. The number of imidazole rings is 1. The minimum absolute atomic E-state index is 0.454. The Morgan fingerprint density at radius 2 is 1.85 bits per heavy atom. The standard InChI is InChI=1S/C20H17N5O2/c1-27-17-5-3-2-4-15(17)16-10-11-18-22-12-19(25(18)24-16)23-14-8-6-13(7-9-14)20(21)26/h2-12,23H,1H3,(H2,21,26). The van der Waals surface area contributed by atoms with E-state index in [9.17, 15) is 4.79 Å². The zero-order chi connectivity index (χ0) is 18.8. The molecule has 3 N–H and O–H groups in total. The summed E-state index contributed by atoms with van der Waals surface area (Å²) in [6, 6.07) is 18.4. The third-order valence-corrected chi connectivity index (χ3v) is 4.19. The SMILES string of the molecule is COc1ccccc1-c1ccc2ncc(Nc3ccc(C(N)=O)cc3)n2n1. The molecule has 0 fully saturated rings. The van der Waals surface area contributed by atoms with Crippen LogP contribution in [0.4, 0.5) is 11.5 Å². The zero-order valence-electron chi connectivity index (χ0n) is 14.6. The summed E-state index contributed by atoms with van der Waals surface area (Å²) in [6.45, 7) is 0. The number of hydrogen-bond acceptors (Lipinski definition) is 5. The molecular weight excluding hydrogens is 342 g/mol. The van der Waals surface area contributed by atoms with E-state index < -0.39 is 5.91 Å². The minimum atomic E-state index is -0.459. The largest absolute Gasteiger partial charge is 0.496 e. The van der Waals surface area contributed by atoms with Gasteiger partial charge in [0.1, 0.15) is 5.75 Å². The van der Waals surface area contributed by atoms with Crippen molar-refractivity contribution >= 4 is 23.1 Å². The van der Waals surface area contributed by atoms with Gasteiger partial charge >= 0.3 is 0 Å². The second kappa shape index (κ2) is 6.80. The van der Waals surface area contributed by atoms with Crippen molar-refractivity contribution in [3.05, 3.63) is 72.4 Å². The van der Waals surface area contributed by atoms with Crippen molar-refractivity contribution < 1.29 is 9.53 Å². The third kappa shape index (κ3) is 3.18. The molecule has 4 rings (SSSR count). The Bertz CT molecular complexity index is 1120. The molecule has 0 radical (unpaired) electrons. The van der Waals surface area contributed by atoms with E-state index >= 15 is 0 Å². The molecule has 0 aliphatic heterocycles. The molecule has 4 aromatic rings. The van der Waals surface area contributed by atoms with Gasteiger partial charge in [0.15, 0.2) is 11.5 Å². The fourth-order valence-electron chi connectivity index (χ4n) is 2.82. The van der Waals surface area contributed by atoms with Gasteiger partial charge in [-0.1, -0.05) is 12.1 Å². The lowest BCUT2D eigenvalue weighted by Gasteiger charge is -2.09. The number of nitrogens with two attached hydrogens (primary N) is 1. The lowest BCUT2D eigenvalue weighted by atomic mass is 10.1. The van der Waals surface area contributed by atoms with E-state index in [2.05, 4.69) is 10.3 Å². The number of anilines is 2. The first-order valence-corrected chi connectivity index (χ1v) is 8.31. The molecule has 0 saturated heterocycles. The number of carbonyl (C=O) groups is 1. The third-order valence-electron chi connectivity index (χ3n) is 4.19. The quantitative estimate of drug-likeness (QED) is 0.570. The Hall–Kier alpha value is -3.87. The van der Waals surface area contributed by atoms with Crippen LogP contribution in [0.5, 0.6) is 5.75 Å². The predicted octanol–water partition coefficient (Wildman–Crippen LogP) is 3.25. The smallest absolute Gasteiger partial charge is 0.248 e. The van der Waals surface area contributed by atoms with Gasteiger partial charge in [-0.15, -0.1) is 0 Å². The molecule has 2 aromatic carbocycles. The summed E-state index contributed by atoms with van der Waals surface area (Å²) in [5.41, 5.74) is 8.90.